The maximum Gasteiger partial charge on any atom is 0.250 e. The lowest BCUT2D eigenvalue weighted by Crippen LogP contribution is -2.47. The molecule has 6 heteroatoms. The molecule has 0 aliphatic carbocycles. The Morgan fingerprint density at radius 1 is 1.57 bits per heavy atom. The minimum atomic E-state index is -0.407. The Hall–Kier alpha value is -1.92. The number of hydrogen-bond acceptors (Lipinski definition) is 4. The first-order chi connectivity index (χ1) is 10.1. The minimum absolute atomic E-state index is 0.0892. The molecular formula is C15H20N4O2. The second-order valence-electron chi connectivity index (χ2n) is 5.37. The van der Waals surface area contributed by atoms with E-state index in [0.29, 0.717) is 19.7 Å². The standard InChI is InChI=1S/C15H20N4O2/c1-10-3-4-13-11(7-10)12(18-19(13)2)8-17-15(20)14-9-16-5-6-21-14/h3-4,7,14,16H,5-6,8-9H2,1-2H3,(H,17,20). The van der Waals surface area contributed by atoms with E-state index in [9.17, 15) is 4.79 Å². The number of amides is 1. The summed E-state index contributed by atoms with van der Waals surface area (Å²) in [6, 6.07) is 6.22. The van der Waals surface area contributed by atoms with Gasteiger partial charge in [0.25, 0.3) is 5.91 Å². The highest BCUT2D eigenvalue weighted by atomic mass is 16.5. The quantitative estimate of drug-likeness (QED) is 0.862. The molecule has 21 heavy (non-hydrogen) atoms. The lowest BCUT2D eigenvalue weighted by atomic mass is 10.1. The van der Waals surface area contributed by atoms with Crippen molar-refractivity contribution in [2.75, 3.05) is 19.7 Å². The van der Waals surface area contributed by atoms with Crippen LogP contribution in [-0.4, -0.2) is 41.5 Å². The number of carbonyl (C=O) groups excluding carboxylic acids is 1. The number of fused-ring (bicyclic) bond motifs is 1. The number of nitrogens with one attached hydrogen (secondary N) is 2. The summed E-state index contributed by atoms with van der Waals surface area (Å²) in [4.78, 5) is 12.1. The fourth-order valence-electron chi connectivity index (χ4n) is 2.60. The van der Waals surface area contributed by atoms with Gasteiger partial charge in [-0.3, -0.25) is 9.48 Å². The van der Waals surface area contributed by atoms with Crippen LogP contribution >= 0.6 is 0 Å². The Kier molecular flexibility index (Phi) is 3.90. The lowest BCUT2D eigenvalue weighted by Gasteiger charge is -2.22. The molecule has 112 valence electrons. The van der Waals surface area contributed by atoms with E-state index in [-0.39, 0.29) is 5.91 Å². The summed E-state index contributed by atoms with van der Waals surface area (Å²) in [5, 5.41) is 11.6. The topological polar surface area (TPSA) is 68.2 Å². The van der Waals surface area contributed by atoms with Crippen LogP contribution in [0.4, 0.5) is 0 Å². The minimum Gasteiger partial charge on any atom is -0.366 e. The Bertz CT molecular complexity index is 659. The first-order valence-electron chi connectivity index (χ1n) is 7.17. The first-order valence-corrected chi connectivity index (χ1v) is 7.17. The molecule has 1 unspecified atom stereocenters. The fourth-order valence-corrected chi connectivity index (χ4v) is 2.60. The fraction of sp³-hybridized carbons (Fsp3) is 0.467. The SMILES string of the molecule is Cc1ccc2c(c1)c(CNC(=O)C1CNCCO1)nn2C. The number of carbonyl (C=O) groups is 1. The van der Waals surface area contributed by atoms with Crippen LogP contribution in [0.15, 0.2) is 18.2 Å². The van der Waals surface area contributed by atoms with Gasteiger partial charge in [-0.25, -0.2) is 0 Å². The number of nitrogens with zero attached hydrogens (tertiary/aromatic N) is 2. The van der Waals surface area contributed by atoms with E-state index in [1.807, 2.05) is 11.7 Å². The molecule has 2 N–H and O–H groups in total. The van der Waals surface area contributed by atoms with E-state index in [1.165, 1.54) is 5.56 Å². The van der Waals surface area contributed by atoms with Crippen LogP contribution in [0.5, 0.6) is 0 Å². The summed E-state index contributed by atoms with van der Waals surface area (Å²) < 4.78 is 7.28. The van der Waals surface area contributed by atoms with E-state index >= 15 is 0 Å². The maximum atomic E-state index is 12.1. The number of ether oxygens (including phenoxy) is 1. The zero-order valence-electron chi connectivity index (χ0n) is 12.3. The molecule has 0 radical (unpaired) electrons. The van der Waals surface area contributed by atoms with Gasteiger partial charge in [0.05, 0.1) is 24.4 Å². The number of rotatable bonds is 3. The molecular weight excluding hydrogens is 268 g/mol. The number of aromatic nitrogens is 2. The predicted molar refractivity (Wildman–Crippen MR) is 79.9 cm³/mol. The average molecular weight is 288 g/mol. The molecule has 1 amide bonds. The van der Waals surface area contributed by atoms with Crippen LogP contribution in [0.25, 0.3) is 10.9 Å². The largest absolute Gasteiger partial charge is 0.366 e. The molecule has 1 fully saturated rings. The molecule has 2 heterocycles. The second kappa shape index (κ2) is 5.83. The highest BCUT2D eigenvalue weighted by Gasteiger charge is 2.21. The normalized spacial score (nSPS) is 18.9. The summed E-state index contributed by atoms with van der Waals surface area (Å²) >= 11 is 0. The van der Waals surface area contributed by atoms with Gasteiger partial charge in [0.2, 0.25) is 0 Å². The van der Waals surface area contributed by atoms with Crippen molar-refractivity contribution in [2.24, 2.45) is 7.05 Å². The smallest absolute Gasteiger partial charge is 0.250 e. The van der Waals surface area contributed by atoms with Gasteiger partial charge in [-0.1, -0.05) is 11.6 Å². The second-order valence-corrected chi connectivity index (χ2v) is 5.37. The Balaban J connectivity index is 1.73. The third-order valence-corrected chi connectivity index (χ3v) is 3.73. The highest BCUT2D eigenvalue weighted by molar-refractivity contribution is 5.84. The zero-order chi connectivity index (χ0) is 14.8. The maximum absolute atomic E-state index is 12.1. The molecule has 1 saturated heterocycles. The van der Waals surface area contributed by atoms with Crippen LogP contribution in [0, 0.1) is 6.92 Å². The molecule has 2 aromatic rings. The van der Waals surface area contributed by atoms with Crippen LogP contribution in [0.1, 0.15) is 11.3 Å². The van der Waals surface area contributed by atoms with Gasteiger partial charge in [-0.15, -0.1) is 0 Å². The van der Waals surface area contributed by atoms with Gasteiger partial charge in [0.15, 0.2) is 0 Å². The van der Waals surface area contributed by atoms with Crippen molar-refractivity contribution in [3.05, 3.63) is 29.5 Å². The van der Waals surface area contributed by atoms with E-state index < -0.39 is 6.10 Å². The van der Waals surface area contributed by atoms with Crippen molar-refractivity contribution >= 4 is 16.8 Å². The summed E-state index contributed by atoms with van der Waals surface area (Å²) in [5.41, 5.74) is 3.14. The molecule has 3 rings (SSSR count). The van der Waals surface area contributed by atoms with Crippen molar-refractivity contribution in [1.29, 1.82) is 0 Å². The highest BCUT2D eigenvalue weighted by Crippen LogP contribution is 2.19. The average Bonchev–Trinajstić information content (AvgIpc) is 2.81. The van der Waals surface area contributed by atoms with E-state index in [1.54, 1.807) is 0 Å². The Morgan fingerprint density at radius 3 is 3.19 bits per heavy atom. The van der Waals surface area contributed by atoms with E-state index in [4.69, 9.17) is 4.74 Å². The van der Waals surface area contributed by atoms with Crippen LogP contribution in [-0.2, 0) is 23.1 Å². The summed E-state index contributed by atoms with van der Waals surface area (Å²) in [6.45, 7) is 4.40. The Labute approximate surface area is 123 Å². The van der Waals surface area contributed by atoms with Crippen LogP contribution < -0.4 is 10.6 Å². The zero-order valence-corrected chi connectivity index (χ0v) is 12.3. The number of hydrogen-bond donors (Lipinski definition) is 2. The monoisotopic (exact) mass is 288 g/mol. The molecule has 1 aromatic carbocycles. The van der Waals surface area contributed by atoms with E-state index in [0.717, 1.165) is 23.1 Å². The van der Waals surface area contributed by atoms with Crippen LogP contribution in [0.2, 0.25) is 0 Å². The van der Waals surface area contributed by atoms with Crippen LogP contribution in [0.3, 0.4) is 0 Å². The molecule has 0 spiro atoms. The van der Waals surface area contributed by atoms with Crippen molar-refractivity contribution in [1.82, 2.24) is 20.4 Å². The van der Waals surface area contributed by atoms with Gasteiger partial charge in [-0.05, 0) is 19.1 Å². The van der Waals surface area contributed by atoms with Crippen molar-refractivity contribution < 1.29 is 9.53 Å². The third kappa shape index (κ3) is 2.91. The van der Waals surface area contributed by atoms with Crippen molar-refractivity contribution in [2.45, 2.75) is 19.6 Å². The molecule has 0 saturated carbocycles. The molecule has 1 aromatic heterocycles. The van der Waals surface area contributed by atoms with E-state index in [2.05, 4.69) is 40.9 Å². The van der Waals surface area contributed by atoms with Gasteiger partial charge >= 0.3 is 0 Å². The summed E-state index contributed by atoms with van der Waals surface area (Å²) in [6.07, 6.45) is -0.407. The molecule has 1 atom stereocenters. The number of morpholine rings is 1. The van der Waals surface area contributed by atoms with Gasteiger partial charge < -0.3 is 15.4 Å². The van der Waals surface area contributed by atoms with Crippen molar-refractivity contribution in [3.63, 3.8) is 0 Å². The van der Waals surface area contributed by atoms with Gasteiger partial charge in [0.1, 0.15) is 6.10 Å². The molecule has 1 aliphatic rings. The summed E-state index contributed by atoms with van der Waals surface area (Å²) in [7, 11) is 1.91. The summed E-state index contributed by atoms with van der Waals surface area (Å²) in [5.74, 6) is -0.0892. The first kappa shape index (κ1) is 14.0. The van der Waals surface area contributed by atoms with Gasteiger partial charge in [-0.2, -0.15) is 5.10 Å². The number of benzene rings is 1. The third-order valence-electron chi connectivity index (χ3n) is 3.73. The molecule has 1 aliphatic heterocycles. The predicted octanol–water partition coefficient (Wildman–Crippen LogP) is 0.486. The lowest BCUT2D eigenvalue weighted by molar-refractivity contribution is -0.134. The molecule has 0 bridgehead atoms. The Morgan fingerprint density at radius 2 is 2.43 bits per heavy atom. The number of aryl methyl sites for hydroxylation is 2. The molecule has 6 nitrogen and oxygen atoms in total. The van der Waals surface area contributed by atoms with Crippen molar-refractivity contribution in [3.8, 4) is 0 Å². The van der Waals surface area contributed by atoms with Gasteiger partial charge in [0, 0.05) is 25.5 Å².